The van der Waals surface area contributed by atoms with Gasteiger partial charge in [0.1, 0.15) is 11.6 Å². The van der Waals surface area contributed by atoms with Crippen molar-refractivity contribution in [3.05, 3.63) is 35.1 Å². The van der Waals surface area contributed by atoms with Crippen LogP contribution in [0.5, 0.6) is 0 Å². The maximum absolute atomic E-state index is 13.3. The van der Waals surface area contributed by atoms with Gasteiger partial charge in [-0.15, -0.1) is 0 Å². The third-order valence-electron chi connectivity index (χ3n) is 4.94. The molecular weight excluding hydrogens is 263 g/mol. The summed E-state index contributed by atoms with van der Waals surface area (Å²) in [6, 6.07) is 4.74. The second-order valence-electron chi connectivity index (χ2n) is 6.57. The van der Waals surface area contributed by atoms with E-state index in [1.807, 2.05) is 6.92 Å². The first-order valence-electron chi connectivity index (χ1n) is 8.38. The Morgan fingerprint density at radius 3 is 2.62 bits per heavy atom. The Balaban J connectivity index is 1.86. The molecule has 0 aromatic heterocycles. The zero-order valence-corrected chi connectivity index (χ0v) is 13.3. The van der Waals surface area contributed by atoms with Crippen LogP contribution in [0.3, 0.4) is 0 Å². The van der Waals surface area contributed by atoms with Crippen LogP contribution in [0.25, 0.3) is 0 Å². The molecule has 0 aliphatic heterocycles. The van der Waals surface area contributed by atoms with E-state index in [0.717, 1.165) is 29.9 Å². The number of hydrogen-bond donors (Lipinski definition) is 0. The molecule has 1 aromatic rings. The monoisotopic (exact) mass is 290 g/mol. The normalized spacial score (nSPS) is 22.2. The molecular formula is C19H27FO. The number of carbonyl (C=O) groups excluding carboxylic acids is 1. The van der Waals surface area contributed by atoms with Gasteiger partial charge in [-0.2, -0.15) is 0 Å². The van der Waals surface area contributed by atoms with Gasteiger partial charge in [-0.3, -0.25) is 4.79 Å². The van der Waals surface area contributed by atoms with Crippen molar-refractivity contribution in [1.29, 1.82) is 0 Å². The highest BCUT2D eigenvalue weighted by atomic mass is 19.1. The molecule has 1 aromatic carbocycles. The van der Waals surface area contributed by atoms with Crippen molar-refractivity contribution in [2.45, 2.75) is 65.2 Å². The highest BCUT2D eigenvalue weighted by Gasteiger charge is 2.26. The summed E-state index contributed by atoms with van der Waals surface area (Å²) < 4.78 is 13.3. The van der Waals surface area contributed by atoms with Crippen LogP contribution in [0.4, 0.5) is 4.39 Å². The second kappa shape index (κ2) is 7.72. The number of ketones is 1. The maximum atomic E-state index is 13.3. The summed E-state index contributed by atoms with van der Waals surface area (Å²) in [6.45, 7) is 4.18. The molecule has 1 fully saturated rings. The quantitative estimate of drug-likeness (QED) is 0.700. The third-order valence-corrected chi connectivity index (χ3v) is 4.94. The highest BCUT2D eigenvalue weighted by molar-refractivity contribution is 5.83. The summed E-state index contributed by atoms with van der Waals surface area (Å²) in [6.07, 6.45) is 8.73. The molecule has 2 rings (SSSR count). The summed E-state index contributed by atoms with van der Waals surface area (Å²) in [7, 11) is 0. The van der Waals surface area contributed by atoms with Gasteiger partial charge in [-0.25, -0.2) is 4.39 Å². The predicted octanol–water partition coefficient (Wildman–Crippen LogP) is 5.24. The lowest BCUT2D eigenvalue weighted by atomic mass is 9.77. The molecule has 0 amide bonds. The summed E-state index contributed by atoms with van der Waals surface area (Å²) in [4.78, 5) is 12.4. The van der Waals surface area contributed by atoms with Crippen LogP contribution in [-0.2, 0) is 11.2 Å². The van der Waals surface area contributed by atoms with E-state index in [4.69, 9.17) is 0 Å². The van der Waals surface area contributed by atoms with Crippen molar-refractivity contribution in [3.63, 3.8) is 0 Å². The van der Waals surface area contributed by atoms with E-state index in [1.54, 1.807) is 6.07 Å². The Bertz CT molecular complexity index is 472. The molecule has 116 valence electrons. The van der Waals surface area contributed by atoms with Gasteiger partial charge >= 0.3 is 0 Å². The molecule has 2 heteroatoms. The van der Waals surface area contributed by atoms with Crippen LogP contribution >= 0.6 is 0 Å². The van der Waals surface area contributed by atoms with Gasteiger partial charge in [-0.05, 0) is 61.8 Å². The lowest BCUT2D eigenvalue weighted by molar-refractivity contribution is -0.123. The van der Waals surface area contributed by atoms with Gasteiger partial charge in [0.05, 0.1) is 0 Å². The van der Waals surface area contributed by atoms with Crippen molar-refractivity contribution in [2.75, 3.05) is 0 Å². The Labute approximate surface area is 127 Å². The molecule has 1 aliphatic rings. The lowest BCUT2D eigenvalue weighted by Crippen LogP contribution is -2.23. The van der Waals surface area contributed by atoms with Crippen LogP contribution in [0.15, 0.2) is 18.2 Å². The molecule has 1 aliphatic carbocycles. The van der Waals surface area contributed by atoms with Gasteiger partial charge in [0, 0.05) is 12.3 Å². The van der Waals surface area contributed by atoms with Crippen molar-refractivity contribution in [2.24, 2.45) is 11.8 Å². The highest BCUT2D eigenvalue weighted by Crippen LogP contribution is 2.33. The van der Waals surface area contributed by atoms with Crippen molar-refractivity contribution < 1.29 is 9.18 Å². The molecule has 0 N–H and O–H groups in total. The van der Waals surface area contributed by atoms with Gasteiger partial charge < -0.3 is 0 Å². The van der Waals surface area contributed by atoms with Crippen LogP contribution in [-0.4, -0.2) is 5.78 Å². The van der Waals surface area contributed by atoms with E-state index < -0.39 is 0 Å². The minimum Gasteiger partial charge on any atom is -0.299 e. The lowest BCUT2D eigenvalue weighted by Gasteiger charge is -2.27. The van der Waals surface area contributed by atoms with Crippen LogP contribution in [0, 0.1) is 24.6 Å². The van der Waals surface area contributed by atoms with E-state index in [0.29, 0.717) is 12.2 Å². The van der Waals surface area contributed by atoms with E-state index in [2.05, 4.69) is 6.92 Å². The van der Waals surface area contributed by atoms with Crippen molar-refractivity contribution >= 4 is 5.78 Å². The molecule has 1 saturated carbocycles. The minimum atomic E-state index is -0.244. The van der Waals surface area contributed by atoms with Gasteiger partial charge in [0.15, 0.2) is 0 Å². The molecule has 21 heavy (non-hydrogen) atoms. The molecule has 0 saturated heterocycles. The number of carbonyl (C=O) groups is 1. The first-order chi connectivity index (χ1) is 10.1. The summed E-state index contributed by atoms with van der Waals surface area (Å²) in [5.74, 6) is 1.08. The molecule has 0 heterocycles. The summed E-state index contributed by atoms with van der Waals surface area (Å²) >= 11 is 0. The van der Waals surface area contributed by atoms with E-state index >= 15 is 0 Å². The van der Waals surface area contributed by atoms with Gasteiger partial charge in [0.2, 0.25) is 0 Å². The van der Waals surface area contributed by atoms with E-state index in [-0.39, 0.29) is 11.7 Å². The minimum absolute atomic E-state index is 0.200. The molecule has 0 unspecified atom stereocenters. The van der Waals surface area contributed by atoms with E-state index in [9.17, 15) is 9.18 Å². The second-order valence-corrected chi connectivity index (χ2v) is 6.57. The molecule has 0 bridgehead atoms. The Morgan fingerprint density at radius 2 is 1.95 bits per heavy atom. The standard InChI is InChI=1S/C19H27FO/c1-3-4-5-15-7-9-16(10-8-15)19(21)13-17-12-18(20)11-6-14(17)2/h6,11-12,15-16H,3-5,7-10,13H2,1-2H3. The van der Waals surface area contributed by atoms with Crippen LogP contribution in [0.1, 0.15) is 63.0 Å². The fourth-order valence-corrected chi connectivity index (χ4v) is 3.43. The smallest absolute Gasteiger partial charge is 0.140 e. The fraction of sp³-hybridized carbons (Fsp3) is 0.632. The Morgan fingerprint density at radius 1 is 1.24 bits per heavy atom. The van der Waals surface area contributed by atoms with E-state index in [1.165, 1.54) is 44.2 Å². The zero-order valence-electron chi connectivity index (χ0n) is 13.3. The van der Waals surface area contributed by atoms with Crippen LogP contribution in [0.2, 0.25) is 0 Å². The molecule has 0 atom stereocenters. The number of unbranched alkanes of at least 4 members (excludes halogenated alkanes) is 1. The van der Waals surface area contributed by atoms with Crippen molar-refractivity contribution in [3.8, 4) is 0 Å². The fourth-order valence-electron chi connectivity index (χ4n) is 3.43. The number of halogens is 1. The number of hydrogen-bond acceptors (Lipinski definition) is 1. The topological polar surface area (TPSA) is 17.1 Å². The maximum Gasteiger partial charge on any atom is 0.140 e. The number of Topliss-reactive ketones (excluding diaryl/α,β-unsaturated/α-hetero) is 1. The average molecular weight is 290 g/mol. The summed E-state index contributed by atoms with van der Waals surface area (Å²) in [5, 5.41) is 0. The molecule has 0 spiro atoms. The number of aryl methyl sites for hydroxylation is 1. The Kier molecular flexibility index (Phi) is 5.96. The Hall–Kier alpha value is -1.18. The van der Waals surface area contributed by atoms with Gasteiger partial charge in [0.25, 0.3) is 0 Å². The number of benzene rings is 1. The first kappa shape index (κ1) is 16.2. The van der Waals surface area contributed by atoms with Gasteiger partial charge in [-0.1, -0.05) is 32.3 Å². The van der Waals surface area contributed by atoms with Crippen LogP contribution < -0.4 is 0 Å². The molecule has 1 nitrogen and oxygen atoms in total. The number of rotatable bonds is 6. The predicted molar refractivity (Wildman–Crippen MR) is 84.8 cm³/mol. The third kappa shape index (κ3) is 4.66. The summed E-state index contributed by atoms with van der Waals surface area (Å²) in [5.41, 5.74) is 1.87. The largest absolute Gasteiger partial charge is 0.299 e. The zero-order chi connectivity index (χ0) is 15.2. The van der Waals surface area contributed by atoms with Crippen molar-refractivity contribution in [1.82, 2.24) is 0 Å². The average Bonchev–Trinajstić information content (AvgIpc) is 2.49. The SMILES string of the molecule is CCCCC1CCC(C(=O)Cc2cc(F)ccc2C)CC1. The first-order valence-corrected chi connectivity index (χ1v) is 8.38. The molecule has 0 radical (unpaired) electrons.